The first-order chi connectivity index (χ1) is 10.2. The quantitative estimate of drug-likeness (QED) is 0.683. The molecule has 0 aliphatic heterocycles. The van der Waals surface area contributed by atoms with Gasteiger partial charge in [-0.05, 0) is 74.9 Å². The van der Waals surface area contributed by atoms with E-state index in [9.17, 15) is 4.79 Å². The third-order valence-corrected chi connectivity index (χ3v) is 5.64. The maximum atomic E-state index is 10.9. The monoisotopic (exact) mass is 302 g/mol. The Morgan fingerprint density at radius 1 is 1.36 bits per heavy atom. The van der Waals surface area contributed by atoms with Crippen LogP contribution in [-0.2, 0) is 4.79 Å². The van der Waals surface area contributed by atoms with Crippen molar-refractivity contribution in [3.8, 4) is 0 Å². The minimum absolute atomic E-state index is 0.299. The van der Waals surface area contributed by atoms with Gasteiger partial charge in [0, 0.05) is 6.08 Å². The molecule has 22 heavy (non-hydrogen) atoms. The van der Waals surface area contributed by atoms with Crippen LogP contribution in [0.5, 0.6) is 0 Å². The Labute approximate surface area is 135 Å². The summed E-state index contributed by atoms with van der Waals surface area (Å²) in [5, 5.41) is 9.00. The van der Waals surface area contributed by atoms with E-state index in [1.54, 1.807) is 11.1 Å². The van der Waals surface area contributed by atoms with Crippen molar-refractivity contribution in [3.63, 3.8) is 0 Å². The normalized spacial score (nSPS) is 25.9. The van der Waals surface area contributed by atoms with Crippen molar-refractivity contribution in [2.24, 2.45) is 11.3 Å². The number of carboxylic acid groups (broad SMARTS) is 1. The van der Waals surface area contributed by atoms with Gasteiger partial charge in [-0.25, -0.2) is 4.79 Å². The van der Waals surface area contributed by atoms with Crippen LogP contribution in [0.1, 0.15) is 73.1 Å². The Balaban J connectivity index is 2.48. The van der Waals surface area contributed by atoms with E-state index in [0.717, 1.165) is 12.0 Å². The molecule has 0 radical (unpaired) electrons. The predicted molar refractivity (Wildman–Crippen MR) is 91.8 cm³/mol. The summed E-state index contributed by atoms with van der Waals surface area (Å²) in [6.45, 7) is 11.3. The van der Waals surface area contributed by atoms with E-state index in [4.69, 9.17) is 5.11 Å². The maximum Gasteiger partial charge on any atom is 0.328 e. The molecule has 2 rings (SSSR count). The molecule has 0 heterocycles. The Morgan fingerprint density at radius 2 is 2.05 bits per heavy atom. The van der Waals surface area contributed by atoms with Crippen LogP contribution in [0.4, 0.5) is 0 Å². The molecule has 0 saturated carbocycles. The number of hydrogen-bond donors (Lipinski definition) is 1. The van der Waals surface area contributed by atoms with Crippen molar-refractivity contribution >= 4 is 5.97 Å². The standard InChI is InChI=1S/C20H30O2/c1-13(12-19(21)22)11-17-15(3)14(2)8-9-18-16(17)7-6-10-20(18,4)5/h12,14H,6-11H2,1-5H3,(H,21,22)/b13-12+/t14-/m1/s1. The highest BCUT2D eigenvalue weighted by molar-refractivity contribution is 5.80. The molecule has 122 valence electrons. The van der Waals surface area contributed by atoms with Crippen molar-refractivity contribution in [2.75, 3.05) is 0 Å². The number of hydrogen-bond acceptors (Lipinski definition) is 1. The summed E-state index contributed by atoms with van der Waals surface area (Å²) >= 11 is 0. The summed E-state index contributed by atoms with van der Waals surface area (Å²) in [4.78, 5) is 10.9. The number of aliphatic carboxylic acids is 1. The van der Waals surface area contributed by atoms with Crippen molar-refractivity contribution in [3.05, 3.63) is 33.9 Å². The van der Waals surface area contributed by atoms with Gasteiger partial charge in [0.2, 0.25) is 0 Å². The fraction of sp³-hybridized carbons (Fsp3) is 0.650. The van der Waals surface area contributed by atoms with Crippen molar-refractivity contribution in [1.29, 1.82) is 0 Å². The lowest BCUT2D eigenvalue weighted by Gasteiger charge is -2.36. The molecule has 2 aliphatic rings. The lowest BCUT2D eigenvalue weighted by Crippen LogP contribution is -2.21. The fourth-order valence-corrected chi connectivity index (χ4v) is 4.14. The summed E-state index contributed by atoms with van der Waals surface area (Å²) in [7, 11) is 0. The van der Waals surface area contributed by atoms with Crippen LogP contribution in [0, 0.1) is 11.3 Å². The minimum Gasteiger partial charge on any atom is -0.478 e. The number of allylic oxidation sites excluding steroid dienone is 5. The number of carbonyl (C=O) groups is 1. The van der Waals surface area contributed by atoms with E-state index in [1.807, 2.05) is 6.92 Å². The van der Waals surface area contributed by atoms with Crippen LogP contribution in [0.3, 0.4) is 0 Å². The molecular formula is C20H30O2. The van der Waals surface area contributed by atoms with Gasteiger partial charge >= 0.3 is 5.97 Å². The van der Waals surface area contributed by atoms with Gasteiger partial charge < -0.3 is 5.11 Å². The van der Waals surface area contributed by atoms with Gasteiger partial charge in [-0.2, -0.15) is 0 Å². The SMILES string of the molecule is CC1=C(C/C(C)=C/C(=O)O)C2=C(CC[C@H]1C)C(C)(C)CCC2. The molecule has 0 aromatic heterocycles. The molecule has 2 aliphatic carbocycles. The first-order valence-electron chi connectivity index (χ1n) is 8.55. The van der Waals surface area contributed by atoms with Gasteiger partial charge in [0.15, 0.2) is 0 Å². The topological polar surface area (TPSA) is 37.3 Å². The zero-order valence-electron chi connectivity index (χ0n) is 14.8. The lowest BCUT2D eigenvalue weighted by atomic mass is 9.69. The van der Waals surface area contributed by atoms with E-state index in [2.05, 4.69) is 27.7 Å². The zero-order valence-corrected chi connectivity index (χ0v) is 14.8. The molecule has 1 atom stereocenters. The van der Waals surface area contributed by atoms with Crippen LogP contribution >= 0.6 is 0 Å². The molecule has 0 amide bonds. The molecule has 2 heteroatoms. The summed E-state index contributed by atoms with van der Waals surface area (Å²) in [5.41, 5.74) is 7.35. The molecule has 0 aromatic rings. The second-order valence-corrected chi connectivity index (χ2v) is 7.80. The largest absolute Gasteiger partial charge is 0.478 e. The van der Waals surface area contributed by atoms with Crippen LogP contribution < -0.4 is 0 Å². The average Bonchev–Trinajstić information content (AvgIpc) is 2.51. The second kappa shape index (κ2) is 6.44. The highest BCUT2D eigenvalue weighted by Gasteiger charge is 2.33. The van der Waals surface area contributed by atoms with E-state index in [1.165, 1.54) is 49.3 Å². The van der Waals surface area contributed by atoms with Gasteiger partial charge in [0.05, 0.1) is 0 Å². The summed E-state index contributed by atoms with van der Waals surface area (Å²) in [5.74, 6) is -0.246. The van der Waals surface area contributed by atoms with E-state index >= 15 is 0 Å². The van der Waals surface area contributed by atoms with Crippen LogP contribution in [0.2, 0.25) is 0 Å². The highest BCUT2D eigenvalue weighted by Crippen LogP contribution is 2.49. The molecule has 0 saturated heterocycles. The van der Waals surface area contributed by atoms with Gasteiger partial charge in [-0.15, -0.1) is 0 Å². The molecule has 0 fully saturated rings. The molecule has 0 bridgehead atoms. The zero-order chi connectivity index (χ0) is 16.5. The highest BCUT2D eigenvalue weighted by atomic mass is 16.4. The van der Waals surface area contributed by atoms with Gasteiger partial charge in [0.25, 0.3) is 0 Å². The van der Waals surface area contributed by atoms with Crippen molar-refractivity contribution < 1.29 is 9.90 Å². The first kappa shape index (κ1) is 17.1. The second-order valence-electron chi connectivity index (χ2n) is 7.80. The van der Waals surface area contributed by atoms with Gasteiger partial charge in [-0.3, -0.25) is 0 Å². The Bertz CT molecular complexity index is 558. The predicted octanol–water partition coefficient (Wildman–Crippen LogP) is 5.66. The molecule has 0 spiro atoms. The molecule has 2 nitrogen and oxygen atoms in total. The third kappa shape index (κ3) is 3.53. The van der Waals surface area contributed by atoms with Crippen molar-refractivity contribution in [2.45, 2.75) is 73.1 Å². The Morgan fingerprint density at radius 3 is 2.68 bits per heavy atom. The molecule has 0 unspecified atom stereocenters. The van der Waals surface area contributed by atoms with Crippen molar-refractivity contribution in [1.82, 2.24) is 0 Å². The van der Waals surface area contributed by atoms with E-state index in [0.29, 0.717) is 11.3 Å². The molecule has 0 aromatic carbocycles. The van der Waals surface area contributed by atoms with Crippen LogP contribution in [-0.4, -0.2) is 11.1 Å². The minimum atomic E-state index is -0.837. The third-order valence-electron chi connectivity index (χ3n) is 5.64. The van der Waals surface area contributed by atoms with Gasteiger partial charge in [0.1, 0.15) is 0 Å². The van der Waals surface area contributed by atoms with Crippen LogP contribution in [0.15, 0.2) is 33.9 Å². The van der Waals surface area contributed by atoms with Crippen LogP contribution in [0.25, 0.3) is 0 Å². The first-order valence-corrected chi connectivity index (χ1v) is 8.55. The summed E-state index contributed by atoms with van der Waals surface area (Å²) < 4.78 is 0. The summed E-state index contributed by atoms with van der Waals surface area (Å²) in [6.07, 6.45) is 8.26. The van der Waals surface area contributed by atoms with Gasteiger partial charge in [-0.1, -0.05) is 37.5 Å². The number of rotatable bonds is 3. The smallest absolute Gasteiger partial charge is 0.328 e. The number of carboxylic acids is 1. The maximum absolute atomic E-state index is 10.9. The fourth-order valence-electron chi connectivity index (χ4n) is 4.14. The Kier molecular flexibility index (Phi) is 4.99. The van der Waals surface area contributed by atoms with E-state index in [-0.39, 0.29) is 0 Å². The average molecular weight is 302 g/mol. The molecular weight excluding hydrogens is 272 g/mol. The Hall–Kier alpha value is -1.31. The molecule has 1 N–H and O–H groups in total. The lowest BCUT2D eigenvalue weighted by molar-refractivity contribution is -0.131. The summed E-state index contributed by atoms with van der Waals surface area (Å²) in [6, 6.07) is 0. The van der Waals surface area contributed by atoms with E-state index < -0.39 is 5.97 Å².